The molecule has 2 bridgehead atoms. The van der Waals surface area contributed by atoms with Crippen LogP contribution in [0, 0.1) is 0 Å². The van der Waals surface area contributed by atoms with Gasteiger partial charge in [-0.05, 0) is 68.1 Å². The molecule has 2 unspecified atom stereocenters. The molecule has 0 radical (unpaired) electrons. The Morgan fingerprint density at radius 1 is 1.16 bits per heavy atom. The number of nitrogens with two attached hydrogens (primary N) is 1. The highest BCUT2D eigenvalue weighted by Crippen LogP contribution is 2.36. The average Bonchev–Trinajstić information content (AvgIpc) is 3.25. The number of piperidine rings is 1. The van der Waals surface area contributed by atoms with Gasteiger partial charge in [-0.1, -0.05) is 22.9 Å². The summed E-state index contributed by atoms with van der Waals surface area (Å²) in [6, 6.07) is 14.0. The Kier molecular flexibility index (Phi) is 6.08. The van der Waals surface area contributed by atoms with E-state index in [9.17, 15) is 4.79 Å². The number of nitrogens with zero attached hydrogens (tertiary/aromatic N) is 2. The second kappa shape index (κ2) is 9.13. The van der Waals surface area contributed by atoms with Gasteiger partial charge in [0.1, 0.15) is 18.1 Å². The van der Waals surface area contributed by atoms with Crippen molar-refractivity contribution in [2.24, 2.45) is 5.73 Å². The van der Waals surface area contributed by atoms with E-state index in [4.69, 9.17) is 26.8 Å². The van der Waals surface area contributed by atoms with Gasteiger partial charge >= 0.3 is 6.03 Å². The summed E-state index contributed by atoms with van der Waals surface area (Å²) in [6.07, 6.45) is 4.27. The largest absolute Gasteiger partial charge is 0.492 e. The van der Waals surface area contributed by atoms with Crippen molar-refractivity contribution in [2.45, 2.75) is 43.8 Å². The monoisotopic (exact) mass is 472 g/mol. The van der Waals surface area contributed by atoms with Crippen molar-refractivity contribution in [3.8, 4) is 16.7 Å². The summed E-state index contributed by atoms with van der Waals surface area (Å²) in [5.74, 6) is 1.52. The number of carbonyl (C=O) groups excluding carboxylic acids is 1. The Hall–Kier alpha value is -2.55. The SMILES string of the molecule is NC(=O)NC1CC2CC[C@H](C1)N2CCOc1ccc(Oc2nc3ccc(Cl)cc3s2)cc1. The Balaban J connectivity index is 1.12. The van der Waals surface area contributed by atoms with Crippen molar-refractivity contribution in [3.05, 3.63) is 47.5 Å². The molecule has 2 aromatic carbocycles. The predicted octanol–water partition coefficient (Wildman–Crippen LogP) is 4.78. The summed E-state index contributed by atoms with van der Waals surface area (Å²) < 4.78 is 12.9. The number of amides is 2. The molecule has 32 heavy (non-hydrogen) atoms. The number of rotatable bonds is 7. The predicted molar refractivity (Wildman–Crippen MR) is 126 cm³/mol. The van der Waals surface area contributed by atoms with Crippen LogP contribution in [0.2, 0.25) is 5.02 Å². The van der Waals surface area contributed by atoms with Gasteiger partial charge in [-0.2, -0.15) is 0 Å². The molecular formula is C23H25ClN4O3S. The van der Waals surface area contributed by atoms with Crippen LogP contribution >= 0.6 is 22.9 Å². The van der Waals surface area contributed by atoms with E-state index >= 15 is 0 Å². The minimum Gasteiger partial charge on any atom is -0.492 e. The Labute approximate surface area is 195 Å². The molecule has 0 saturated carbocycles. The fourth-order valence-electron chi connectivity index (χ4n) is 4.85. The molecule has 1 aromatic heterocycles. The molecule has 2 amide bonds. The molecular weight excluding hydrogens is 448 g/mol. The van der Waals surface area contributed by atoms with Crippen LogP contribution in [0.15, 0.2) is 42.5 Å². The van der Waals surface area contributed by atoms with E-state index < -0.39 is 6.03 Å². The number of urea groups is 1. The molecule has 9 heteroatoms. The summed E-state index contributed by atoms with van der Waals surface area (Å²) in [5.41, 5.74) is 6.16. The van der Waals surface area contributed by atoms with Crippen LogP contribution in [-0.2, 0) is 0 Å². The van der Waals surface area contributed by atoms with Gasteiger partial charge in [-0.25, -0.2) is 9.78 Å². The van der Waals surface area contributed by atoms with Crippen LogP contribution in [0.5, 0.6) is 16.7 Å². The number of halogens is 1. The molecule has 7 nitrogen and oxygen atoms in total. The van der Waals surface area contributed by atoms with Crippen LogP contribution in [0.25, 0.3) is 10.2 Å². The molecule has 2 aliphatic heterocycles. The number of hydrogen-bond donors (Lipinski definition) is 2. The minimum atomic E-state index is -0.425. The molecule has 3 N–H and O–H groups in total. The highest BCUT2D eigenvalue weighted by Gasteiger charge is 2.40. The van der Waals surface area contributed by atoms with Crippen molar-refractivity contribution in [2.75, 3.05) is 13.2 Å². The summed E-state index contributed by atoms with van der Waals surface area (Å²) >= 11 is 7.51. The van der Waals surface area contributed by atoms with Crippen molar-refractivity contribution in [1.82, 2.24) is 15.2 Å². The third kappa shape index (κ3) is 4.77. The fourth-order valence-corrected chi connectivity index (χ4v) is 5.96. The van der Waals surface area contributed by atoms with Crippen molar-refractivity contribution in [1.29, 1.82) is 0 Å². The lowest BCUT2D eigenvalue weighted by molar-refractivity contribution is 0.1000. The maximum Gasteiger partial charge on any atom is 0.312 e. The maximum atomic E-state index is 11.2. The van der Waals surface area contributed by atoms with Gasteiger partial charge in [-0.3, -0.25) is 4.90 Å². The number of ether oxygens (including phenoxy) is 2. The summed E-state index contributed by atoms with van der Waals surface area (Å²) in [5, 5.41) is 4.15. The fraction of sp³-hybridized carbons (Fsp3) is 0.391. The van der Waals surface area contributed by atoms with Crippen LogP contribution in [0.3, 0.4) is 0 Å². The minimum absolute atomic E-state index is 0.196. The van der Waals surface area contributed by atoms with E-state index in [1.54, 1.807) is 0 Å². The van der Waals surface area contributed by atoms with Crippen LogP contribution in [0.4, 0.5) is 4.79 Å². The van der Waals surface area contributed by atoms with E-state index in [1.165, 1.54) is 24.2 Å². The molecule has 2 saturated heterocycles. The highest BCUT2D eigenvalue weighted by molar-refractivity contribution is 7.20. The van der Waals surface area contributed by atoms with Gasteiger partial charge in [0.05, 0.1) is 10.2 Å². The Morgan fingerprint density at radius 2 is 1.88 bits per heavy atom. The molecule has 3 atom stereocenters. The van der Waals surface area contributed by atoms with E-state index in [-0.39, 0.29) is 6.04 Å². The van der Waals surface area contributed by atoms with Crippen molar-refractivity contribution in [3.63, 3.8) is 0 Å². The first kappa shape index (κ1) is 21.3. The highest BCUT2D eigenvalue weighted by atomic mass is 35.5. The lowest BCUT2D eigenvalue weighted by Gasteiger charge is -2.38. The number of carbonyl (C=O) groups is 1. The molecule has 5 rings (SSSR count). The zero-order chi connectivity index (χ0) is 22.1. The van der Waals surface area contributed by atoms with Gasteiger partial charge in [0, 0.05) is 29.7 Å². The molecule has 3 aromatic rings. The van der Waals surface area contributed by atoms with Gasteiger partial charge in [0.25, 0.3) is 5.19 Å². The lowest BCUT2D eigenvalue weighted by atomic mass is 9.97. The quantitative estimate of drug-likeness (QED) is 0.516. The second-order valence-corrected chi connectivity index (χ2v) is 9.74. The first-order valence-corrected chi connectivity index (χ1v) is 12.0. The maximum absolute atomic E-state index is 11.2. The van der Waals surface area contributed by atoms with E-state index in [1.807, 2.05) is 42.5 Å². The zero-order valence-corrected chi connectivity index (χ0v) is 19.1. The van der Waals surface area contributed by atoms with E-state index in [2.05, 4.69) is 15.2 Å². The number of fused-ring (bicyclic) bond motifs is 3. The first-order valence-electron chi connectivity index (χ1n) is 10.8. The number of thiazole rings is 1. The number of nitrogens with one attached hydrogen (secondary N) is 1. The van der Waals surface area contributed by atoms with Crippen LogP contribution in [0.1, 0.15) is 25.7 Å². The molecule has 2 aliphatic rings. The number of aromatic nitrogens is 1. The first-order chi connectivity index (χ1) is 15.5. The number of hydrogen-bond acceptors (Lipinski definition) is 6. The van der Waals surface area contributed by atoms with Gasteiger partial charge in [0.15, 0.2) is 0 Å². The number of primary amides is 1. The molecule has 0 aliphatic carbocycles. The third-order valence-electron chi connectivity index (χ3n) is 6.21. The third-order valence-corrected chi connectivity index (χ3v) is 7.34. The smallest absolute Gasteiger partial charge is 0.312 e. The van der Waals surface area contributed by atoms with Crippen LogP contribution < -0.4 is 20.5 Å². The van der Waals surface area contributed by atoms with Crippen molar-refractivity contribution >= 4 is 39.2 Å². The number of benzene rings is 2. The lowest BCUT2D eigenvalue weighted by Crippen LogP contribution is -2.52. The van der Waals surface area contributed by atoms with E-state index in [0.717, 1.165) is 35.4 Å². The van der Waals surface area contributed by atoms with Gasteiger partial charge in [0.2, 0.25) is 0 Å². The normalized spacial score (nSPS) is 22.7. The van der Waals surface area contributed by atoms with Gasteiger partial charge in [-0.15, -0.1) is 0 Å². The van der Waals surface area contributed by atoms with E-state index in [0.29, 0.717) is 34.7 Å². The Bertz CT molecular complexity index is 1090. The van der Waals surface area contributed by atoms with Gasteiger partial charge < -0.3 is 20.5 Å². The zero-order valence-electron chi connectivity index (χ0n) is 17.5. The molecule has 168 valence electrons. The molecule has 0 spiro atoms. The van der Waals surface area contributed by atoms with Crippen molar-refractivity contribution < 1.29 is 14.3 Å². The second-order valence-electron chi connectivity index (χ2n) is 8.31. The molecule has 2 fully saturated rings. The average molecular weight is 473 g/mol. The standard InChI is InChI=1S/C23H25ClN4O3S/c24-14-1-8-20-21(11-14)32-23(27-20)31-19-6-4-18(5-7-19)30-10-9-28-16-2-3-17(28)13-15(12-16)26-22(25)29/h1,4-8,11,15-17H,2-3,9-10,12-13H2,(H3,25,26,29)/t15?,16-,17?/m1/s1. The Morgan fingerprint density at radius 3 is 2.59 bits per heavy atom. The summed E-state index contributed by atoms with van der Waals surface area (Å²) in [6.45, 7) is 1.50. The van der Waals surface area contributed by atoms with Crippen LogP contribution in [-0.4, -0.2) is 47.2 Å². The topological polar surface area (TPSA) is 89.7 Å². The molecule has 3 heterocycles. The summed E-state index contributed by atoms with van der Waals surface area (Å²) in [7, 11) is 0. The summed E-state index contributed by atoms with van der Waals surface area (Å²) in [4.78, 5) is 18.2.